The van der Waals surface area contributed by atoms with Crippen LogP contribution < -0.4 is 5.32 Å². The number of nitrogens with zero attached hydrogens (tertiary/aromatic N) is 4. The second kappa shape index (κ2) is 7.87. The summed E-state index contributed by atoms with van der Waals surface area (Å²) in [6.07, 6.45) is 3.99. The third-order valence-electron chi connectivity index (χ3n) is 4.94. The first-order valence-electron chi connectivity index (χ1n) is 9.59. The lowest BCUT2D eigenvalue weighted by Gasteiger charge is -2.16. The molecule has 0 aliphatic carbocycles. The van der Waals surface area contributed by atoms with Crippen molar-refractivity contribution in [1.82, 2.24) is 19.3 Å². The fourth-order valence-corrected chi connectivity index (χ4v) is 3.46. The van der Waals surface area contributed by atoms with Crippen molar-refractivity contribution in [3.05, 3.63) is 78.1 Å². The number of anilines is 1. The lowest BCUT2D eigenvalue weighted by atomic mass is 10.2. The lowest BCUT2D eigenvalue weighted by molar-refractivity contribution is -0.118. The van der Waals surface area contributed by atoms with E-state index >= 15 is 0 Å². The quantitative estimate of drug-likeness (QED) is 0.536. The third-order valence-corrected chi connectivity index (χ3v) is 4.94. The van der Waals surface area contributed by atoms with Crippen LogP contribution in [0.5, 0.6) is 0 Å². The van der Waals surface area contributed by atoms with Gasteiger partial charge in [0.2, 0.25) is 5.91 Å². The number of fused-ring (bicyclic) bond motifs is 1. The minimum Gasteiger partial charge on any atom is -0.322 e. The Morgan fingerprint density at radius 3 is 2.72 bits per heavy atom. The van der Waals surface area contributed by atoms with Crippen molar-refractivity contribution in [3.8, 4) is 0 Å². The van der Waals surface area contributed by atoms with Crippen molar-refractivity contribution in [2.24, 2.45) is 0 Å². The molecule has 29 heavy (non-hydrogen) atoms. The summed E-state index contributed by atoms with van der Waals surface area (Å²) in [7, 11) is 0. The maximum absolute atomic E-state index is 13.8. The molecular weight excluding hydrogens is 369 g/mol. The number of benzene rings is 2. The van der Waals surface area contributed by atoms with Gasteiger partial charge in [-0.15, -0.1) is 0 Å². The first kappa shape index (κ1) is 18.9. The Morgan fingerprint density at radius 1 is 1.17 bits per heavy atom. The monoisotopic (exact) mass is 391 g/mol. The van der Waals surface area contributed by atoms with Gasteiger partial charge in [0.1, 0.15) is 17.7 Å². The van der Waals surface area contributed by atoms with Gasteiger partial charge in [-0.05, 0) is 25.1 Å². The number of para-hydroxylation sites is 2. The van der Waals surface area contributed by atoms with Crippen LogP contribution in [0.2, 0.25) is 0 Å². The zero-order valence-electron chi connectivity index (χ0n) is 16.3. The van der Waals surface area contributed by atoms with Crippen molar-refractivity contribution in [3.63, 3.8) is 0 Å². The molecule has 0 bridgehead atoms. The number of aryl methyl sites for hydroxylation is 1. The van der Waals surface area contributed by atoms with Gasteiger partial charge in [0.15, 0.2) is 0 Å². The topological polar surface area (TPSA) is 64.7 Å². The van der Waals surface area contributed by atoms with Crippen molar-refractivity contribution >= 4 is 22.6 Å². The molecule has 0 spiro atoms. The Morgan fingerprint density at radius 2 is 1.93 bits per heavy atom. The number of halogens is 1. The van der Waals surface area contributed by atoms with Crippen molar-refractivity contribution in [2.45, 2.75) is 32.9 Å². The molecule has 7 heteroatoms. The van der Waals surface area contributed by atoms with E-state index in [0.29, 0.717) is 17.8 Å². The molecule has 2 aromatic carbocycles. The predicted octanol–water partition coefficient (Wildman–Crippen LogP) is 4.18. The zero-order valence-corrected chi connectivity index (χ0v) is 16.3. The lowest BCUT2D eigenvalue weighted by Crippen LogP contribution is -2.24. The van der Waals surface area contributed by atoms with Gasteiger partial charge in [-0.1, -0.05) is 37.3 Å². The van der Waals surface area contributed by atoms with Crippen LogP contribution in [-0.4, -0.2) is 25.2 Å². The summed E-state index contributed by atoms with van der Waals surface area (Å²) in [6.45, 7) is 4.17. The molecule has 148 valence electrons. The summed E-state index contributed by atoms with van der Waals surface area (Å²) in [6, 6.07) is 13.9. The summed E-state index contributed by atoms with van der Waals surface area (Å²) in [5, 5.41) is 7.13. The summed E-state index contributed by atoms with van der Waals surface area (Å²) >= 11 is 0. The molecule has 0 fully saturated rings. The highest BCUT2D eigenvalue weighted by Gasteiger charge is 2.21. The van der Waals surface area contributed by atoms with Gasteiger partial charge < -0.3 is 9.88 Å². The van der Waals surface area contributed by atoms with Crippen LogP contribution in [0.15, 0.2) is 60.9 Å². The molecule has 2 aromatic heterocycles. The van der Waals surface area contributed by atoms with E-state index in [1.54, 1.807) is 35.3 Å². The molecule has 0 aliphatic heterocycles. The molecule has 0 saturated carbocycles. The Hall–Kier alpha value is -3.48. The van der Waals surface area contributed by atoms with Crippen LogP contribution in [0.4, 0.5) is 10.1 Å². The molecule has 0 unspecified atom stereocenters. The summed E-state index contributed by atoms with van der Waals surface area (Å²) < 4.78 is 17.4. The number of imidazole rings is 1. The van der Waals surface area contributed by atoms with Crippen molar-refractivity contribution in [2.75, 3.05) is 5.32 Å². The summed E-state index contributed by atoms with van der Waals surface area (Å²) in [4.78, 5) is 17.5. The molecule has 6 nitrogen and oxygen atoms in total. The maximum atomic E-state index is 13.8. The number of amides is 1. The number of hydrogen-bond acceptors (Lipinski definition) is 3. The Labute approximate surface area is 168 Å². The molecular formula is C22H22FN5O. The number of aromatic nitrogens is 4. The van der Waals surface area contributed by atoms with E-state index in [2.05, 4.69) is 15.4 Å². The van der Waals surface area contributed by atoms with Crippen LogP contribution in [-0.2, 0) is 17.8 Å². The molecule has 4 rings (SSSR count). The van der Waals surface area contributed by atoms with E-state index in [-0.39, 0.29) is 11.7 Å². The number of carbonyl (C=O) groups excluding carboxylic acids is 1. The van der Waals surface area contributed by atoms with Gasteiger partial charge in [-0.25, -0.2) is 9.37 Å². The van der Waals surface area contributed by atoms with E-state index in [1.165, 1.54) is 6.07 Å². The van der Waals surface area contributed by atoms with Gasteiger partial charge in [0, 0.05) is 18.2 Å². The second-order valence-electron chi connectivity index (χ2n) is 6.92. The van der Waals surface area contributed by atoms with Crippen LogP contribution in [0, 0.1) is 5.82 Å². The van der Waals surface area contributed by atoms with E-state index in [9.17, 15) is 9.18 Å². The maximum Gasteiger partial charge on any atom is 0.247 e. The predicted molar refractivity (Wildman–Crippen MR) is 110 cm³/mol. The van der Waals surface area contributed by atoms with Gasteiger partial charge in [0.05, 0.1) is 29.5 Å². The number of rotatable bonds is 6. The van der Waals surface area contributed by atoms with E-state index < -0.39 is 6.04 Å². The molecule has 1 N–H and O–H groups in total. The van der Waals surface area contributed by atoms with Crippen LogP contribution in [0.25, 0.3) is 11.0 Å². The SMILES string of the molecule is CCc1nc2ccccc2n1[C@H](C)C(=O)Nc1cnn(Cc2ccccc2F)c1. The highest BCUT2D eigenvalue weighted by molar-refractivity contribution is 5.94. The first-order chi connectivity index (χ1) is 14.1. The average Bonchev–Trinajstić information content (AvgIpc) is 3.32. The molecule has 1 atom stereocenters. The van der Waals surface area contributed by atoms with Crippen LogP contribution in [0.1, 0.15) is 31.3 Å². The molecule has 2 heterocycles. The third kappa shape index (κ3) is 3.76. The van der Waals surface area contributed by atoms with Crippen LogP contribution >= 0.6 is 0 Å². The second-order valence-corrected chi connectivity index (χ2v) is 6.92. The van der Waals surface area contributed by atoms with Crippen molar-refractivity contribution < 1.29 is 9.18 Å². The molecule has 1 amide bonds. The first-order valence-corrected chi connectivity index (χ1v) is 9.59. The highest BCUT2D eigenvalue weighted by Crippen LogP contribution is 2.23. The Balaban J connectivity index is 1.52. The van der Waals surface area contributed by atoms with E-state index in [1.807, 2.05) is 42.7 Å². The summed E-state index contributed by atoms with van der Waals surface area (Å²) in [5.74, 6) is 0.429. The van der Waals surface area contributed by atoms with Gasteiger partial charge in [-0.2, -0.15) is 5.10 Å². The zero-order chi connectivity index (χ0) is 20.4. The smallest absolute Gasteiger partial charge is 0.247 e. The largest absolute Gasteiger partial charge is 0.322 e. The molecule has 0 saturated heterocycles. The van der Waals surface area contributed by atoms with Crippen LogP contribution in [0.3, 0.4) is 0 Å². The van der Waals surface area contributed by atoms with E-state index in [4.69, 9.17) is 0 Å². The van der Waals surface area contributed by atoms with Gasteiger partial charge >= 0.3 is 0 Å². The number of nitrogens with one attached hydrogen (secondary N) is 1. The minimum atomic E-state index is -0.438. The highest BCUT2D eigenvalue weighted by atomic mass is 19.1. The minimum absolute atomic E-state index is 0.159. The van der Waals surface area contributed by atoms with Gasteiger partial charge in [-0.3, -0.25) is 9.48 Å². The molecule has 4 aromatic rings. The number of hydrogen-bond donors (Lipinski definition) is 1. The van der Waals surface area contributed by atoms with E-state index in [0.717, 1.165) is 23.3 Å². The van der Waals surface area contributed by atoms with Gasteiger partial charge in [0.25, 0.3) is 0 Å². The molecule has 0 radical (unpaired) electrons. The Kier molecular flexibility index (Phi) is 5.12. The average molecular weight is 391 g/mol. The van der Waals surface area contributed by atoms with Crippen molar-refractivity contribution in [1.29, 1.82) is 0 Å². The fraction of sp³-hybridized carbons (Fsp3) is 0.227. The standard InChI is InChI=1S/C22H22FN5O/c1-3-21-26-19-10-6-7-11-20(19)28(21)15(2)22(29)25-17-12-24-27(14-17)13-16-8-4-5-9-18(16)23/h4-12,14-15H,3,13H2,1-2H3,(H,25,29)/t15-/m1/s1. The fourth-order valence-electron chi connectivity index (χ4n) is 3.46. The Bertz CT molecular complexity index is 1160. The summed E-state index contributed by atoms with van der Waals surface area (Å²) in [5.41, 5.74) is 2.92. The number of carbonyl (C=O) groups is 1. The molecule has 0 aliphatic rings. The normalized spacial score (nSPS) is 12.2.